The summed E-state index contributed by atoms with van der Waals surface area (Å²) in [6.45, 7) is 4.57. The van der Waals surface area contributed by atoms with Crippen molar-refractivity contribution < 1.29 is 17.6 Å². The second kappa shape index (κ2) is 6.18. The van der Waals surface area contributed by atoms with Crippen molar-refractivity contribution in [1.29, 1.82) is 0 Å². The first-order valence-corrected chi connectivity index (χ1v) is 6.00. The summed E-state index contributed by atoms with van der Waals surface area (Å²) < 4.78 is 50.7. The van der Waals surface area contributed by atoms with Crippen molar-refractivity contribution in [3.63, 3.8) is 0 Å². The number of nitrogens with one attached hydrogen (secondary N) is 1. The molecule has 5 heteroatoms. The van der Waals surface area contributed by atoms with E-state index in [1.54, 1.807) is 0 Å². The van der Waals surface area contributed by atoms with Crippen LogP contribution < -0.4 is 5.32 Å². The third-order valence-corrected chi connectivity index (χ3v) is 2.73. The number of hydrogen-bond acceptors (Lipinski definition) is 1. The number of halogens is 4. The quantitative estimate of drug-likeness (QED) is 0.781. The Labute approximate surface area is 104 Å². The summed E-state index contributed by atoms with van der Waals surface area (Å²) in [5.41, 5.74) is -0.651. The Bertz CT molecular complexity index is 381. The summed E-state index contributed by atoms with van der Waals surface area (Å²) in [6.07, 6.45) is -3.00. The van der Waals surface area contributed by atoms with E-state index in [1.165, 1.54) is 6.07 Å². The maximum absolute atomic E-state index is 13.4. The van der Waals surface area contributed by atoms with Crippen molar-refractivity contribution in [2.24, 2.45) is 0 Å². The molecular weight excluding hydrogens is 246 g/mol. The van der Waals surface area contributed by atoms with Gasteiger partial charge in [-0.1, -0.05) is 26.3 Å². The van der Waals surface area contributed by atoms with Gasteiger partial charge in [0.25, 0.3) is 0 Å². The van der Waals surface area contributed by atoms with Crippen molar-refractivity contribution in [1.82, 2.24) is 5.32 Å². The van der Waals surface area contributed by atoms with Crippen molar-refractivity contribution >= 4 is 0 Å². The third-order valence-electron chi connectivity index (χ3n) is 2.73. The maximum Gasteiger partial charge on any atom is 0.419 e. The normalized spacial score (nSPS) is 13.7. The SMILES string of the molecule is CCCC(NCC)c1ccc(C(F)(F)F)c(F)c1. The van der Waals surface area contributed by atoms with E-state index in [0.717, 1.165) is 25.0 Å². The highest BCUT2D eigenvalue weighted by molar-refractivity contribution is 5.28. The maximum atomic E-state index is 13.4. The number of hydrogen-bond donors (Lipinski definition) is 1. The molecule has 1 nitrogen and oxygen atoms in total. The molecule has 0 spiro atoms. The van der Waals surface area contributed by atoms with Gasteiger partial charge in [-0.3, -0.25) is 0 Å². The van der Waals surface area contributed by atoms with Crippen LogP contribution in [0.25, 0.3) is 0 Å². The highest BCUT2D eigenvalue weighted by Crippen LogP contribution is 2.32. The Kier molecular flexibility index (Phi) is 5.14. The average molecular weight is 263 g/mol. The fraction of sp³-hybridized carbons (Fsp3) is 0.538. The Hall–Kier alpha value is -1.10. The molecule has 102 valence electrons. The molecule has 0 aliphatic carbocycles. The molecule has 1 unspecified atom stereocenters. The van der Waals surface area contributed by atoms with Crippen LogP contribution in [0.4, 0.5) is 17.6 Å². The van der Waals surface area contributed by atoms with Gasteiger partial charge in [-0.05, 0) is 30.7 Å². The molecular formula is C13H17F4N. The fourth-order valence-electron chi connectivity index (χ4n) is 1.90. The highest BCUT2D eigenvalue weighted by Gasteiger charge is 2.34. The Morgan fingerprint density at radius 1 is 1.22 bits per heavy atom. The van der Waals surface area contributed by atoms with E-state index in [1.807, 2.05) is 13.8 Å². The Morgan fingerprint density at radius 3 is 2.33 bits per heavy atom. The lowest BCUT2D eigenvalue weighted by molar-refractivity contribution is -0.140. The van der Waals surface area contributed by atoms with Crippen LogP contribution in [0, 0.1) is 5.82 Å². The van der Waals surface area contributed by atoms with Crippen molar-refractivity contribution in [2.45, 2.75) is 38.9 Å². The van der Waals surface area contributed by atoms with E-state index >= 15 is 0 Å². The molecule has 0 aliphatic rings. The monoisotopic (exact) mass is 263 g/mol. The second-order valence-corrected chi connectivity index (χ2v) is 4.14. The van der Waals surface area contributed by atoms with Gasteiger partial charge in [-0.15, -0.1) is 0 Å². The zero-order valence-corrected chi connectivity index (χ0v) is 10.4. The molecule has 0 heterocycles. The standard InChI is InChI=1S/C13H17F4N/c1-3-5-12(18-4-2)9-6-7-10(11(14)8-9)13(15,16)17/h6-8,12,18H,3-5H2,1-2H3. The zero-order valence-electron chi connectivity index (χ0n) is 10.4. The predicted octanol–water partition coefficient (Wildman–Crippen LogP) is 4.30. The minimum absolute atomic E-state index is 0.100. The van der Waals surface area contributed by atoms with Gasteiger partial charge >= 0.3 is 6.18 Å². The zero-order chi connectivity index (χ0) is 13.8. The van der Waals surface area contributed by atoms with Crippen LogP contribution in [-0.2, 0) is 6.18 Å². The van der Waals surface area contributed by atoms with E-state index in [4.69, 9.17) is 0 Å². The molecule has 1 N–H and O–H groups in total. The molecule has 1 rings (SSSR count). The van der Waals surface area contributed by atoms with Gasteiger partial charge in [0.15, 0.2) is 0 Å². The van der Waals surface area contributed by atoms with Crippen LogP contribution in [0.3, 0.4) is 0 Å². The lowest BCUT2D eigenvalue weighted by Crippen LogP contribution is -2.21. The molecule has 0 aromatic heterocycles. The minimum Gasteiger partial charge on any atom is -0.310 e. The first-order chi connectivity index (χ1) is 8.40. The molecule has 0 saturated carbocycles. The molecule has 18 heavy (non-hydrogen) atoms. The Balaban J connectivity index is 3.01. The molecule has 0 fully saturated rings. The molecule has 1 atom stereocenters. The fourth-order valence-corrected chi connectivity index (χ4v) is 1.90. The summed E-state index contributed by atoms with van der Waals surface area (Å²) in [4.78, 5) is 0. The van der Waals surface area contributed by atoms with Gasteiger partial charge in [0.2, 0.25) is 0 Å². The van der Waals surface area contributed by atoms with Gasteiger partial charge in [-0.25, -0.2) is 4.39 Å². The first kappa shape index (κ1) is 15.0. The van der Waals surface area contributed by atoms with E-state index in [-0.39, 0.29) is 6.04 Å². The number of rotatable bonds is 5. The molecule has 1 aromatic rings. The minimum atomic E-state index is -4.64. The number of benzene rings is 1. The van der Waals surface area contributed by atoms with Gasteiger partial charge in [-0.2, -0.15) is 13.2 Å². The largest absolute Gasteiger partial charge is 0.419 e. The van der Waals surface area contributed by atoms with E-state index in [2.05, 4.69) is 5.32 Å². The highest BCUT2D eigenvalue weighted by atomic mass is 19.4. The van der Waals surface area contributed by atoms with E-state index < -0.39 is 17.6 Å². The molecule has 0 amide bonds. The van der Waals surface area contributed by atoms with E-state index in [9.17, 15) is 17.6 Å². The molecule has 0 aliphatic heterocycles. The summed E-state index contributed by atoms with van der Waals surface area (Å²) in [6, 6.07) is 3.03. The summed E-state index contributed by atoms with van der Waals surface area (Å²) in [5.74, 6) is -1.21. The van der Waals surface area contributed by atoms with Gasteiger partial charge in [0.1, 0.15) is 5.82 Å². The lowest BCUT2D eigenvalue weighted by Gasteiger charge is -2.18. The predicted molar refractivity (Wildman–Crippen MR) is 62.7 cm³/mol. The van der Waals surface area contributed by atoms with Crippen LogP contribution in [0.1, 0.15) is 43.9 Å². The van der Waals surface area contributed by atoms with Crippen molar-refractivity contribution in [3.8, 4) is 0 Å². The van der Waals surface area contributed by atoms with Gasteiger partial charge in [0.05, 0.1) is 5.56 Å². The van der Waals surface area contributed by atoms with Crippen LogP contribution in [-0.4, -0.2) is 6.54 Å². The van der Waals surface area contributed by atoms with Gasteiger partial charge in [0, 0.05) is 6.04 Å². The van der Waals surface area contributed by atoms with Crippen LogP contribution >= 0.6 is 0 Å². The molecule has 0 radical (unpaired) electrons. The summed E-state index contributed by atoms with van der Waals surface area (Å²) in [5, 5.41) is 3.14. The summed E-state index contributed by atoms with van der Waals surface area (Å²) in [7, 11) is 0. The van der Waals surface area contributed by atoms with Crippen LogP contribution in [0.15, 0.2) is 18.2 Å². The molecule has 0 saturated heterocycles. The van der Waals surface area contributed by atoms with E-state index in [0.29, 0.717) is 12.1 Å². The number of alkyl halides is 3. The van der Waals surface area contributed by atoms with Gasteiger partial charge < -0.3 is 5.32 Å². The molecule has 0 bridgehead atoms. The topological polar surface area (TPSA) is 12.0 Å². The lowest BCUT2D eigenvalue weighted by atomic mass is 10.0. The molecule has 1 aromatic carbocycles. The second-order valence-electron chi connectivity index (χ2n) is 4.14. The Morgan fingerprint density at radius 2 is 1.89 bits per heavy atom. The average Bonchev–Trinajstić information content (AvgIpc) is 2.27. The summed E-state index contributed by atoms with van der Waals surface area (Å²) >= 11 is 0. The van der Waals surface area contributed by atoms with Crippen molar-refractivity contribution in [2.75, 3.05) is 6.54 Å². The van der Waals surface area contributed by atoms with Crippen molar-refractivity contribution in [3.05, 3.63) is 35.1 Å². The van der Waals surface area contributed by atoms with Crippen LogP contribution in [0.5, 0.6) is 0 Å². The van der Waals surface area contributed by atoms with Crippen LogP contribution in [0.2, 0.25) is 0 Å². The first-order valence-electron chi connectivity index (χ1n) is 6.00. The smallest absolute Gasteiger partial charge is 0.310 e. The third kappa shape index (κ3) is 3.70.